The van der Waals surface area contributed by atoms with E-state index in [0.29, 0.717) is 35.1 Å². The number of carboxylic acids is 1. The molecule has 3 rings (SSSR count). The Labute approximate surface area is 219 Å². The molecule has 1 aliphatic rings. The first-order chi connectivity index (χ1) is 17.3. The van der Waals surface area contributed by atoms with Crippen LogP contribution in [0.4, 0.5) is 11.6 Å². The van der Waals surface area contributed by atoms with E-state index in [4.69, 9.17) is 10.7 Å². The normalized spacial score (nSPS) is 18.7. The number of hydrogen-bond donors (Lipinski definition) is 3. The van der Waals surface area contributed by atoms with Gasteiger partial charge in [0.25, 0.3) is 0 Å². The fourth-order valence-electron chi connectivity index (χ4n) is 4.70. The van der Waals surface area contributed by atoms with Crippen molar-refractivity contribution < 1.29 is 14.7 Å². The highest BCUT2D eigenvalue weighted by atomic mass is 16.4. The van der Waals surface area contributed by atoms with Crippen molar-refractivity contribution in [3.63, 3.8) is 0 Å². The van der Waals surface area contributed by atoms with Gasteiger partial charge >= 0.3 is 5.97 Å². The molecule has 0 saturated carbocycles. The smallest absolute Gasteiger partial charge is 0.309 e. The minimum absolute atomic E-state index is 0.235. The van der Waals surface area contributed by atoms with E-state index in [-0.39, 0.29) is 11.7 Å². The van der Waals surface area contributed by atoms with Crippen LogP contribution in [0.2, 0.25) is 0 Å². The van der Waals surface area contributed by atoms with Crippen molar-refractivity contribution in [1.82, 2.24) is 9.97 Å². The number of amides is 1. The van der Waals surface area contributed by atoms with Gasteiger partial charge in [-0.15, -0.1) is 0 Å². The first kappa shape index (κ1) is 27.8. The Bertz CT molecular complexity index is 1330. The molecule has 0 radical (unpaired) electrons. The second kappa shape index (κ2) is 10.3. The maximum atomic E-state index is 13.4. The number of rotatable bonds is 8. The lowest BCUT2D eigenvalue weighted by atomic mass is 9.76. The van der Waals surface area contributed by atoms with E-state index in [1.165, 1.54) is 5.57 Å². The summed E-state index contributed by atoms with van der Waals surface area (Å²) < 4.78 is 0. The lowest BCUT2D eigenvalue weighted by Crippen LogP contribution is -2.33. The molecule has 1 amide bonds. The van der Waals surface area contributed by atoms with Crippen LogP contribution in [0, 0.1) is 11.3 Å². The first-order valence-corrected chi connectivity index (χ1v) is 12.6. The van der Waals surface area contributed by atoms with Crippen LogP contribution in [-0.4, -0.2) is 27.0 Å². The average Bonchev–Trinajstić information content (AvgIpc) is 3.09. The predicted molar refractivity (Wildman–Crippen MR) is 149 cm³/mol. The molecule has 37 heavy (non-hydrogen) atoms. The van der Waals surface area contributed by atoms with Crippen molar-refractivity contribution in [3.05, 3.63) is 76.2 Å². The fourth-order valence-corrected chi connectivity index (χ4v) is 4.70. The molecule has 0 bridgehead atoms. The Balaban J connectivity index is 2.14. The molecule has 1 unspecified atom stereocenters. The van der Waals surface area contributed by atoms with Crippen LogP contribution < -0.4 is 11.1 Å². The van der Waals surface area contributed by atoms with Crippen molar-refractivity contribution in [2.75, 3.05) is 11.1 Å². The van der Waals surface area contributed by atoms with Gasteiger partial charge in [0.2, 0.25) is 5.91 Å². The molecule has 0 saturated heterocycles. The van der Waals surface area contributed by atoms with E-state index < -0.39 is 16.8 Å². The first-order valence-electron chi connectivity index (χ1n) is 12.6. The number of benzene rings is 1. The second-order valence-corrected chi connectivity index (χ2v) is 10.8. The number of fused-ring (bicyclic) bond motifs is 1. The number of allylic oxidation sites excluding steroid dienone is 6. The fraction of sp³-hybridized carbons (Fsp3) is 0.400. The molecule has 2 aromatic rings. The molecule has 7 heteroatoms. The molecule has 0 spiro atoms. The number of carboxylic acid groups (broad SMARTS) is 1. The van der Waals surface area contributed by atoms with Crippen LogP contribution in [0.25, 0.3) is 5.57 Å². The molecule has 0 fully saturated rings. The highest BCUT2D eigenvalue weighted by molar-refractivity contribution is 6.09. The highest BCUT2D eigenvalue weighted by Gasteiger charge is 2.47. The quantitative estimate of drug-likeness (QED) is 0.386. The van der Waals surface area contributed by atoms with Crippen LogP contribution in [0.15, 0.2) is 53.6 Å². The zero-order valence-corrected chi connectivity index (χ0v) is 23.1. The third kappa shape index (κ3) is 5.08. The summed E-state index contributed by atoms with van der Waals surface area (Å²) in [7, 11) is 0. The number of nitrogens with two attached hydrogens (primary N) is 1. The molecule has 7 nitrogen and oxygen atoms in total. The van der Waals surface area contributed by atoms with E-state index >= 15 is 0 Å². The Morgan fingerprint density at radius 3 is 2.49 bits per heavy atom. The predicted octanol–water partition coefficient (Wildman–Crippen LogP) is 5.92. The molecule has 196 valence electrons. The highest BCUT2D eigenvalue weighted by Crippen LogP contribution is 2.45. The number of nitrogens with zero attached hydrogens (tertiary/aromatic N) is 2. The summed E-state index contributed by atoms with van der Waals surface area (Å²) in [4.78, 5) is 34.5. The summed E-state index contributed by atoms with van der Waals surface area (Å²) in [6.45, 7) is 15.5. The van der Waals surface area contributed by atoms with Gasteiger partial charge in [0, 0.05) is 5.57 Å². The van der Waals surface area contributed by atoms with Crippen molar-refractivity contribution in [3.8, 4) is 0 Å². The standard InChI is InChI=1S/C30H38N4O3/c1-9-12-22(18(5)17(3)4)21(10-2)25-32-24(31)23-26(33-25)34-27(35)30(23,8)20-14-11-13-19(15-20)16-29(6,7)28(36)37/h9-15,17H,16H2,1-8H3,(H,36,37)(H3,31,32,33,34,35)/b12-9-,21-10+,22-18-. The number of carbonyl (C=O) groups excluding carboxylic acids is 1. The minimum atomic E-state index is -1.12. The van der Waals surface area contributed by atoms with Crippen LogP contribution in [0.1, 0.15) is 77.9 Å². The average molecular weight is 503 g/mol. The molecule has 0 aliphatic carbocycles. The molecule has 1 aromatic carbocycles. The summed E-state index contributed by atoms with van der Waals surface area (Å²) in [5.74, 6) is 0.283. The number of carbonyl (C=O) groups is 2. The maximum Gasteiger partial charge on any atom is 0.309 e. The molecule has 1 atom stereocenters. The van der Waals surface area contributed by atoms with Crippen molar-refractivity contribution in [2.24, 2.45) is 11.3 Å². The van der Waals surface area contributed by atoms with Crippen molar-refractivity contribution in [2.45, 2.75) is 67.2 Å². The lowest BCUT2D eigenvalue weighted by molar-refractivity contribution is -0.146. The monoisotopic (exact) mass is 502 g/mol. The van der Waals surface area contributed by atoms with E-state index in [9.17, 15) is 14.7 Å². The summed E-state index contributed by atoms with van der Waals surface area (Å²) >= 11 is 0. The number of nitrogens with one attached hydrogen (secondary N) is 1. The lowest BCUT2D eigenvalue weighted by Gasteiger charge is -2.25. The van der Waals surface area contributed by atoms with Gasteiger partial charge in [0.05, 0.1) is 11.0 Å². The van der Waals surface area contributed by atoms with Gasteiger partial charge in [0.15, 0.2) is 5.82 Å². The maximum absolute atomic E-state index is 13.4. The molecule has 2 heterocycles. The Morgan fingerprint density at radius 1 is 1.24 bits per heavy atom. The largest absolute Gasteiger partial charge is 0.481 e. The van der Waals surface area contributed by atoms with E-state index in [0.717, 1.165) is 16.7 Å². The molecular weight excluding hydrogens is 464 g/mol. The Kier molecular flexibility index (Phi) is 7.77. The third-order valence-electron chi connectivity index (χ3n) is 7.30. The Hall–Kier alpha value is -3.74. The van der Waals surface area contributed by atoms with Crippen LogP contribution in [0.5, 0.6) is 0 Å². The number of aliphatic carboxylic acids is 1. The summed E-state index contributed by atoms with van der Waals surface area (Å²) in [5, 5.41) is 12.5. The van der Waals surface area contributed by atoms with Crippen LogP contribution >= 0.6 is 0 Å². The van der Waals surface area contributed by atoms with Gasteiger partial charge in [0.1, 0.15) is 17.1 Å². The number of hydrogen-bond acceptors (Lipinski definition) is 5. The zero-order valence-electron chi connectivity index (χ0n) is 23.1. The summed E-state index contributed by atoms with van der Waals surface area (Å²) in [5.41, 5.74) is 9.62. The third-order valence-corrected chi connectivity index (χ3v) is 7.30. The van der Waals surface area contributed by atoms with Crippen LogP contribution in [-0.2, 0) is 21.4 Å². The summed E-state index contributed by atoms with van der Waals surface area (Å²) in [6.07, 6.45) is 6.32. The number of aromatic nitrogens is 2. The molecule has 4 N–H and O–H groups in total. The van der Waals surface area contributed by atoms with E-state index in [2.05, 4.69) is 31.1 Å². The molecule has 1 aliphatic heterocycles. The topological polar surface area (TPSA) is 118 Å². The number of anilines is 2. The van der Waals surface area contributed by atoms with Gasteiger partial charge in [-0.3, -0.25) is 9.59 Å². The van der Waals surface area contributed by atoms with Crippen molar-refractivity contribution in [1.29, 1.82) is 0 Å². The van der Waals surface area contributed by atoms with Crippen molar-refractivity contribution >= 4 is 29.1 Å². The Morgan fingerprint density at radius 2 is 1.92 bits per heavy atom. The van der Waals surface area contributed by atoms with Gasteiger partial charge in [-0.25, -0.2) is 9.97 Å². The minimum Gasteiger partial charge on any atom is -0.481 e. The van der Waals surface area contributed by atoms with Gasteiger partial charge in [-0.05, 0) is 70.6 Å². The molecular formula is C30H38N4O3. The van der Waals surface area contributed by atoms with Gasteiger partial charge in [-0.2, -0.15) is 0 Å². The SMILES string of the molecule is C\C=C/C(=C(\C)C(C)C)C(=C\C)/c1nc(N)c2c(n1)NC(=O)C2(C)c1cccc(CC(C)(C)C(=O)O)c1. The summed E-state index contributed by atoms with van der Waals surface area (Å²) in [6, 6.07) is 7.45. The van der Waals surface area contributed by atoms with E-state index in [1.807, 2.05) is 56.3 Å². The molecule has 1 aromatic heterocycles. The number of nitrogen functional groups attached to an aromatic ring is 1. The van der Waals surface area contributed by atoms with Gasteiger partial charge < -0.3 is 16.2 Å². The van der Waals surface area contributed by atoms with Crippen LogP contribution in [0.3, 0.4) is 0 Å². The van der Waals surface area contributed by atoms with E-state index in [1.54, 1.807) is 20.8 Å². The zero-order chi connectivity index (χ0) is 27.7. The second-order valence-electron chi connectivity index (χ2n) is 10.8. The van der Waals surface area contributed by atoms with Gasteiger partial charge in [-0.1, -0.05) is 61.9 Å².